The smallest absolute Gasteiger partial charge is 0.223 e. The first kappa shape index (κ1) is 13.0. The summed E-state index contributed by atoms with van der Waals surface area (Å²) in [5.41, 5.74) is 1.06. The third-order valence-corrected chi connectivity index (χ3v) is 3.00. The average molecular weight is 249 g/mol. The molecule has 1 unspecified atom stereocenters. The molecule has 1 amide bonds. The minimum atomic E-state index is -0.0107. The topological polar surface area (TPSA) is 63.2 Å². The van der Waals surface area contributed by atoms with Crippen molar-refractivity contribution >= 4 is 5.91 Å². The highest BCUT2D eigenvalue weighted by atomic mass is 16.5. The lowest BCUT2D eigenvalue weighted by molar-refractivity contribution is -0.125. The third-order valence-electron chi connectivity index (χ3n) is 3.00. The predicted molar refractivity (Wildman–Crippen MR) is 68.0 cm³/mol. The van der Waals surface area contributed by atoms with E-state index in [1.807, 2.05) is 19.1 Å². The minimum absolute atomic E-state index is 0.00273. The lowest BCUT2D eigenvalue weighted by Gasteiger charge is -2.24. The first-order chi connectivity index (χ1) is 8.75. The quantitative estimate of drug-likeness (QED) is 0.822. The van der Waals surface area contributed by atoms with Gasteiger partial charge < -0.3 is 15.4 Å². The van der Waals surface area contributed by atoms with Gasteiger partial charge in [-0.2, -0.15) is 0 Å². The van der Waals surface area contributed by atoms with Gasteiger partial charge >= 0.3 is 0 Å². The van der Waals surface area contributed by atoms with Crippen LogP contribution in [0.4, 0.5) is 0 Å². The van der Waals surface area contributed by atoms with Crippen LogP contribution >= 0.6 is 0 Å². The molecular formula is C13H19N3O2. The van der Waals surface area contributed by atoms with Gasteiger partial charge in [-0.05, 0) is 24.6 Å². The van der Waals surface area contributed by atoms with E-state index in [0.29, 0.717) is 13.0 Å². The molecule has 0 saturated carbocycles. The molecule has 2 N–H and O–H groups in total. The molecular weight excluding hydrogens is 230 g/mol. The Morgan fingerprint density at radius 1 is 1.61 bits per heavy atom. The first-order valence-electron chi connectivity index (χ1n) is 6.27. The van der Waals surface area contributed by atoms with Crippen molar-refractivity contribution in [3.05, 3.63) is 30.1 Å². The van der Waals surface area contributed by atoms with Crippen LogP contribution in [0.5, 0.6) is 0 Å². The van der Waals surface area contributed by atoms with E-state index in [9.17, 15) is 4.79 Å². The predicted octanol–water partition coefficient (Wildman–Crippen LogP) is 0.637. The van der Waals surface area contributed by atoms with E-state index >= 15 is 0 Å². The Morgan fingerprint density at radius 3 is 3.06 bits per heavy atom. The van der Waals surface area contributed by atoms with E-state index in [2.05, 4.69) is 15.6 Å². The van der Waals surface area contributed by atoms with Gasteiger partial charge in [0, 0.05) is 25.5 Å². The summed E-state index contributed by atoms with van der Waals surface area (Å²) in [6, 6.07) is 3.81. The van der Waals surface area contributed by atoms with Gasteiger partial charge in [0.05, 0.1) is 25.2 Å². The lowest BCUT2D eigenvalue weighted by atomic mass is 10.1. The minimum Gasteiger partial charge on any atom is -0.375 e. The van der Waals surface area contributed by atoms with Gasteiger partial charge in [0.25, 0.3) is 0 Å². The summed E-state index contributed by atoms with van der Waals surface area (Å²) in [6.07, 6.45) is 3.85. The third kappa shape index (κ3) is 3.78. The number of carbonyl (C=O) groups is 1. The Labute approximate surface area is 107 Å². The molecule has 0 spiro atoms. The van der Waals surface area contributed by atoms with Crippen LogP contribution in [0.15, 0.2) is 24.5 Å². The maximum absolute atomic E-state index is 11.9. The van der Waals surface area contributed by atoms with Crippen LogP contribution in [-0.2, 0) is 9.53 Å². The fraction of sp³-hybridized carbons (Fsp3) is 0.538. The number of hydrogen-bond acceptors (Lipinski definition) is 4. The van der Waals surface area contributed by atoms with Crippen LogP contribution in [-0.4, -0.2) is 36.7 Å². The summed E-state index contributed by atoms with van der Waals surface area (Å²) in [7, 11) is 0. The summed E-state index contributed by atoms with van der Waals surface area (Å²) in [6.45, 7) is 4.26. The largest absolute Gasteiger partial charge is 0.375 e. The number of amides is 1. The molecule has 1 aromatic heterocycles. The molecule has 0 aliphatic carbocycles. The van der Waals surface area contributed by atoms with E-state index in [0.717, 1.165) is 18.7 Å². The summed E-state index contributed by atoms with van der Waals surface area (Å²) in [4.78, 5) is 15.8. The molecule has 5 nitrogen and oxygen atoms in total. The maximum atomic E-state index is 11.9. The van der Waals surface area contributed by atoms with Crippen LogP contribution in [0.1, 0.15) is 24.9 Å². The van der Waals surface area contributed by atoms with Crippen LogP contribution in [0.3, 0.4) is 0 Å². The molecule has 18 heavy (non-hydrogen) atoms. The van der Waals surface area contributed by atoms with Gasteiger partial charge in [0.1, 0.15) is 0 Å². The molecule has 0 radical (unpaired) electrons. The van der Waals surface area contributed by atoms with Gasteiger partial charge in [-0.1, -0.05) is 0 Å². The Hall–Kier alpha value is -1.46. The van der Waals surface area contributed by atoms with Crippen LogP contribution < -0.4 is 10.6 Å². The van der Waals surface area contributed by atoms with Gasteiger partial charge in [-0.3, -0.25) is 9.78 Å². The van der Waals surface area contributed by atoms with E-state index in [1.54, 1.807) is 12.4 Å². The number of morpholine rings is 1. The molecule has 1 aliphatic heterocycles. The van der Waals surface area contributed by atoms with Gasteiger partial charge in [0.15, 0.2) is 0 Å². The Balaban J connectivity index is 1.80. The summed E-state index contributed by atoms with van der Waals surface area (Å²) < 4.78 is 5.50. The van der Waals surface area contributed by atoms with Gasteiger partial charge in [0.2, 0.25) is 5.91 Å². The number of pyridine rings is 1. The van der Waals surface area contributed by atoms with E-state index in [1.165, 1.54) is 0 Å². The van der Waals surface area contributed by atoms with Crippen molar-refractivity contribution in [2.45, 2.75) is 25.5 Å². The molecule has 1 aromatic rings. The molecule has 1 fully saturated rings. The van der Waals surface area contributed by atoms with Crippen molar-refractivity contribution in [2.24, 2.45) is 0 Å². The lowest BCUT2D eigenvalue weighted by Crippen LogP contribution is -2.41. The number of aromatic nitrogens is 1. The molecule has 1 aliphatic rings. The second-order valence-corrected chi connectivity index (χ2v) is 4.47. The van der Waals surface area contributed by atoms with Crippen molar-refractivity contribution in [1.82, 2.24) is 15.6 Å². The van der Waals surface area contributed by atoms with E-state index < -0.39 is 0 Å². The standard InChI is InChI=1S/C13H19N3O2/c1-10(11-2-4-14-5-3-11)16-13(17)8-12-9-15-6-7-18-12/h2-5,10,12,15H,6-9H2,1H3,(H,16,17)/t10-,12?/m1/s1. The van der Waals surface area contributed by atoms with Gasteiger partial charge in [-0.25, -0.2) is 0 Å². The number of nitrogens with zero attached hydrogens (tertiary/aromatic N) is 1. The fourth-order valence-electron chi connectivity index (χ4n) is 1.99. The normalized spacial score (nSPS) is 21.3. The summed E-state index contributed by atoms with van der Waals surface area (Å²) in [5.74, 6) is 0.0213. The number of nitrogens with one attached hydrogen (secondary N) is 2. The van der Waals surface area contributed by atoms with Crippen LogP contribution in [0.25, 0.3) is 0 Å². The highest BCUT2D eigenvalue weighted by Crippen LogP contribution is 2.11. The first-order valence-corrected chi connectivity index (χ1v) is 6.27. The number of ether oxygens (including phenoxy) is 1. The number of hydrogen-bond donors (Lipinski definition) is 2. The fourth-order valence-corrected chi connectivity index (χ4v) is 1.99. The molecule has 5 heteroatoms. The maximum Gasteiger partial charge on any atom is 0.223 e. The Kier molecular flexibility index (Phi) is 4.66. The van der Waals surface area contributed by atoms with Crippen LogP contribution in [0, 0.1) is 0 Å². The molecule has 2 rings (SSSR count). The molecule has 0 aromatic carbocycles. The number of rotatable bonds is 4. The Morgan fingerprint density at radius 2 is 2.39 bits per heavy atom. The molecule has 0 bridgehead atoms. The highest BCUT2D eigenvalue weighted by molar-refractivity contribution is 5.77. The average Bonchev–Trinajstić information content (AvgIpc) is 2.40. The monoisotopic (exact) mass is 249 g/mol. The van der Waals surface area contributed by atoms with Crippen molar-refractivity contribution in [3.8, 4) is 0 Å². The zero-order chi connectivity index (χ0) is 12.8. The second-order valence-electron chi connectivity index (χ2n) is 4.47. The SMILES string of the molecule is C[C@@H](NC(=O)CC1CNCCO1)c1ccncc1. The van der Waals surface area contributed by atoms with E-state index in [-0.39, 0.29) is 18.1 Å². The van der Waals surface area contributed by atoms with Gasteiger partial charge in [-0.15, -0.1) is 0 Å². The molecule has 1 saturated heterocycles. The summed E-state index contributed by atoms with van der Waals surface area (Å²) in [5, 5.41) is 6.18. The van der Waals surface area contributed by atoms with Crippen molar-refractivity contribution in [2.75, 3.05) is 19.7 Å². The molecule has 2 heterocycles. The highest BCUT2D eigenvalue weighted by Gasteiger charge is 2.18. The van der Waals surface area contributed by atoms with Crippen LogP contribution in [0.2, 0.25) is 0 Å². The number of carbonyl (C=O) groups excluding carboxylic acids is 1. The summed E-state index contributed by atoms with van der Waals surface area (Å²) >= 11 is 0. The zero-order valence-corrected chi connectivity index (χ0v) is 10.6. The van der Waals surface area contributed by atoms with Crippen molar-refractivity contribution in [3.63, 3.8) is 0 Å². The van der Waals surface area contributed by atoms with Crippen molar-refractivity contribution in [1.29, 1.82) is 0 Å². The Bertz CT molecular complexity index is 377. The van der Waals surface area contributed by atoms with E-state index in [4.69, 9.17) is 4.74 Å². The van der Waals surface area contributed by atoms with Crippen molar-refractivity contribution < 1.29 is 9.53 Å². The molecule has 98 valence electrons. The molecule has 2 atom stereocenters. The second kappa shape index (κ2) is 6.47. The zero-order valence-electron chi connectivity index (χ0n) is 10.6.